The monoisotopic (exact) mass is 258 g/mol. The number of benzene rings is 1. The third-order valence-corrected chi connectivity index (χ3v) is 2.56. The van der Waals surface area contributed by atoms with E-state index in [1.165, 1.54) is 24.5 Å². The predicted molar refractivity (Wildman–Crippen MR) is 70.5 cm³/mol. The summed E-state index contributed by atoms with van der Waals surface area (Å²) in [5.74, 6) is -0.254. The Labute approximate surface area is 111 Å². The summed E-state index contributed by atoms with van der Waals surface area (Å²) in [4.78, 5) is 11.9. The van der Waals surface area contributed by atoms with Gasteiger partial charge in [-0.25, -0.2) is 0 Å². The van der Waals surface area contributed by atoms with Gasteiger partial charge in [-0.05, 0) is 17.7 Å². The Morgan fingerprint density at radius 2 is 2.05 bits per heavy atom. The average molecular weight is 258 g/mol. The number of ether oxygens (including phenoxy) is 1. The minimum atomic E-state index is -0.254. The molecule has 0 spiro atoms. The molecule has 2 rings (SSSR count). The normalized spacial score (nSPS) is 10.2. The van der Waals surface area contributed by atoms with Gasteiger partial charge in [-0.3, -0.25) is 4.79 Å². The Bertz CT molecular complexity index is 567. The molecule has 0 saturated heterocycles. The minimum Gasteiger partial charge on any atom is -0.619 e. The van der Waals surface area contributed by atoms with Crippen LogP contribution in [0.1, 0.15) is 15.9 Å². The van der Waals surface area contributed by atoms with E-state index in [9.17, 15) is 10.0 Å². The summed E-state index contributed by atoms with van der Waals surface area (Å²) >= 11 is 0. The smallest absolute Gasteiger partial charge is 0.256 e. The lowest BCUT2D eigenvalue weighted by molar-refractivity contribution is -0.605. The molecule has 19 heavy (non-hydrogen) atoms. The molecule has 0 radical (unpaired) electrons. The van der Waals surface area contributed by atoms with E-state index >= 15 is 0 Å². The number of aromatic nitrogens is 1. The van der Waals surface area contributed by atoms with E-state index in [0.29, 0.717) is 22.6 Å². The maximum atomic E-state index is 11.9. The second-order valence-electron chi connectivity index (χ2n) is 4.03. The average Bonchev–Trinajstić information content (AvgIpc) is 2.40. The zero-order valence-corrected chi connectivity index (χ0v) is 10.5. The van der Waals surface area contributed by atoms with Crippen LogP contribution in [0.15, 0.2) is 48.8 Å². The van der Waals surface area contributed by atoms with E-state index in [2.05, 4.69) is 5.32 Å². The molecule has 1 aromatic heterocycles. The molecule has 1 aromatic carbocycles. The second-order valence-corrected chi connectivity index (χ2v) is 4.03. The van der Waals surface area contributed by atoms with Crippen LogP contribution in [0.25, 0.3) is 0 Å². The summed E-state index contributed by atoms with van der Waals surface area (Å²) in [5, 5.41) is 13.7. The molecule has 5 nitrogen and oxygen atoms in total. The van der Waals surface area contributed by atoms with E-state index in [4.69, 9.17) is 4.74 Å². The Hall–Kier alpha value is -2.40. The highest BCUT2D eigenvalue weighted by Crippen LogP contribution is 2.12. The highest BCUT2D eigenvalue weighted by molar-refractivity contribution is 6.04. The number of hydrogen-bond acceptors (Lipinski definition) is 3. The number of carbonyl (C=O) groups excluding carboxylic acids is 1. The molecule has 5 heteroatoms. The molecule has 0 unspecified atom stereocenters. The molecule has 0 aliphatic heterocycles. The quantitative estimate of drug-likeness (QED) is 0.670. The van der Waals surface area contributed by atoms with Crippen LogP contribution in [-0.4, -0.2) is 13.0 Å². The fourth-order valence-corrected chi connectivity index (χ4v) is 1.67. The molecule has 2 aromatic rings. The Balaban J connectivity index is 2.10. The van der Waals surface area contributed by atoms with E-state index in [-0.39, 0.29) is 5.91 Å². The van der Waals surface area contributed by atoms with Crippen molar-refractivity contribution in [1.29, 1.82) is 0 Å². The van der Waals surface area contributed by atoms with Crippen molar-refractivity contribution in [1.82, 2.24) is 0 Å². The van der Waals surface area contributed by atoms with Crippen LogP contribution in [0, 0.1) is 5.21 Å². The number of methoxy groups -OCH3 is 1. The maximum Gasteiger partial charge on any atom is 0.256 e. The summed E-state index contributed by atoms with van der Waals surface area (Å²) in [5.41, 5.74) is 2.11. The predicted octanol–water partition coefficient (Wildman–Crippen LogP) is 1.72. The summed E-state index contributed by atoms with van der Waals surface area (Å²) in [6.07, 6.45) is 2.58. The summed E-state index contributed by atoms with van der Waals surface area (Å²) in [7, 11) is 1.62. The van der Waals surface area contributed by atoms with Crippen molar-refractivity contribution in [3.8, 4) is 0 Å². The van der Waals surface area contributed by atoms with Gasteiger partial charge in [-0.1, -0.05) is 12.1 Å². The van der Waals surface area contributed by atoms with Crippen LogP contribution in [0.3, 0.4) is 0 Å². The van der Waals surface area contributed by atoms with Crippen molar-refractivity contribution in [3.05, 3.63) is 65.1 Å². The lowest BCUT2D eigenvalue weighted by Crippen LogP contribution is -2.25. The molecule has 98 valence electrons. The third-order valence-electron chi connectivity index (χ3n) is 2.56. The fourth-order valence-electron chi connectivity index (χ4n) is 1.67. The van der Waals surface area contributed by atoms with Gasteiger partial charge in [-0.15, -0.1) is 0 Å². The molecule has 0 aliphatic rings. The molecule has 0 fully saturated rings. The number of carbonyl (C=O) groups is 1. The van der Waals surface area contributed by atoms with Gasteiger partial charge in [0.15, 0.2) is 12.4 Å². The van der Waals surface area contributed by atoms with Gasteiger partial charge in [0.25, 0.3) is 5.91 Å². The first kappa shape index (κ1) is 13.0. The largest absolute Gasteiger partial charge is 0.619 e. The van der Waals surface area contributed by atoms with Gasteiger partial charge >= 0.3 is 0 Å². The van der Waals surface area contributed by atoms with Crippen LogP contribution in [-0.2, 0) is 11.3 Å². The highest BCUT2D eigenvalue weighted by atomic mass is 16.5. The Morgan fingerprint density at radius 1 is 1.32 bits per heavy atom. The topological polar surface area (TPSA) is 65.3 Å². The summed E-state index contributed by atoms with van der Waals surface area (Å²) < 4.78 is 5.67. The van der Waals surface area contributed by atoms with Crippen molar-refractivity contribution >= 4 is 11.6 Å². The molecule has 0 aliphatic carbocycles. The van der Waals surface area contributed by atoms with Gasteiger partial charge in [0, 0.05) is 24.9 Å². The van der Waals surface area contributed by atoms with Gasteiger partial charge in [0.1, 0.15) is 0 Å². The molecule has 0 atom stereocenters. The Morgan fingerprint density at radius 3 is 2.74 bits per heavy atom. The number of amides is 1. The lowest BCUT2D eigenvalue weighted by atomic mass is 10.2. The lowest BCUT2D eigenvalue weighted by Gasteiger charge is -2.07. The maximum absolute atomic E-state index is 11.9. The van der Waals surface area contributed by atoms with Crippen molar-refractivity contribution in [3.63, 3.8) is 0 Å². The zero-order chi connectivity index (χ0) is 13.7. The number of hydrogen-bond donors (Lipinski definition) is 1. The third kappa shape index (κ3) is 3.53. The first-order valence-electron chi connectivity index (χ1n) is 5.77. The van der Waals surface area contributed by atoms with E-state index in [1.54, 1.807) is 13.2 Å². The first-order chi connectivity index (χ1) is 9.19. The van der Waals surface area contributed by atoms with Crippen molar-refractivity contribution < 1.29 is 14.3 Å². The molecule has 1 N–H and O–H groups in total. The molecular formula is C14H14N2O3. The van der Waals surface area contributed by atoms with Crippen LogP contribution in [0.4, 0.5) is 5.69 Å². The fraction of sp³-hybridized carbons (Fsp3) is 0.143. The Kier molecular flexibility index (Phi) is 4.10. The SMILES string of the molecule is COCc1cccc(NC(=O)c2cc[n+]([O-])cc2)c1. The second kappa shape index (κ2) is 5.97. The molecule has 1 heterocycles. The molecule has 1 amide bonds. The van der Waals surface area contributed by atoms with Crippen LogP contribution in [0.5, 0.6) is 0 Å². The van der Waals surface area contributed by atoms with Crippen LogP contribution >= 0.6 is 0 Å². The van der Waals surface area contributed by atoms with Crippen molar-refractivity contribution in [2.75, 3.05) is 12.4 Å². The zero-order valence-electron chi connectivity index (χ0n) is 10.5. The van der Waals surface area contributed by atoms with Crippen LogP contribution < -0.4 is 10.0 Å². The van der Waals surface area contributed by atoms with Crippen molar-refractivity contribution in [2.45, 2.75) is 6.61 Å². The number of anilines is 1. The number of rotatable bonds is 4. The van der Waals surface area contributed by atoms with Crippen LogP contribution in [0.2, 0.25) is 0 Å². The highest BCUT2D eigenvalue weighted by Gasteiger charge is 2.07. The van der Waals surface area contributed by atoms with Gasteiger partial charge in [0.2, 0.25) is 0 Å². The van der Waals surface area contributed by atoms with Crippen molar-refractivity contribution in [2.24, 2.45) is 0 Å². The number of nitrogens with zero attached hydrogens (tertiary/aromatic N) is 1. The molecule has 0 bridgehead atoms. The van der Waals surface area contributed by atoms with E-state index in [1.807, 2.05) is 18.2 Å². The molecule has 0 saturated carbocycles. The van der Waals surface area contributed by atoms with Gasteiger partial charge in [-0.2, -0.15) is 4.73 Å². The van der Waals surface area contributed by atoms with E-state index < -0.39 is 0 Å². The standard InChI is InChI=1S/C14H14N2O3/c1-19-10-11-3-2-4-13(9-11)15-14(17)12-5-7-16(18)8-6-12/h2-9H,10H2,1H3,(H,15,17). The number of pyridine rings is 1. The van der Waals surface area contributed by atoms with E-state index in [0.717, 1.165) is 5.56 Å². The number of nitrogens with one attached hydrogen (secondary N) is 1. The summed E-state index contributed by atoms with van der Waals surface area (Å²) in [6.45, 7) is 0.491. The first-order valence-corrected chi connectivity index (χ1v) is 5.77. The van der Waals surface area contributed by atoms with Gasteiger partial charge in [0.05, 0.1) is 12.2 Å². The molecular weight excluding hydrogens is 244 g/mol. The summed E-state index contributed by atoms with van der Waals surface area (Å²) in [6, 6.07) is 10.4. The van der Waals surface area contributed by atoms with Gasteiger partial charge < -0.3 is 15.3 Å². The minimum absolute atomic E-state index is 0.254.